The average molecular weight is 309 g/mol. The largest absolute Gasteiger partial charge is 0.372 e. The third kappa shape index (κ3) is 3.05. The maximum Gasteiger partial charge on any atom is 0.252 e. The minimum Gasteiger partial charge on any atom is -0.372 e. The zero-order valence-corrected chi connectivity index (χ0v) is 13.4. The Labute approximate surface area is 130 Å². The minimum absolute atomic E-state index is 0.0101. The SMILES string of the molecule is CCC(CC)N1C(=O)CC(Nc2c(C)cccc2Cl)C1=O. The number of halogens is 1. The van der Waals surface area contributed by atoms with Gasteiger partial charge >= 0.3 is 0 Å². The second kappa shape index (κ2) is 6.48. The highest BCUT2D eigenvalue weighted by molar-refractivity contribution is 6.33. The van der Waals surface area contributed by atoms with Gasteiger partial charge in [-0.15, -0.1) is 0 Å². The van der Waals surface area contributed by atoms with Gasteiger partial charge in [0.05, 0.1) is 17.1 Å². The molecule has 0 aromatic heterocycles. The number of anilines is 1. The van der Waals surface area contributed by atoms with Gasteiger partial charge in [-0.3, -0.25) is 14.5 Å². The van der Waals surface area contributed by atoms with Crippen molar-refractivity contribution in [3.8, 4) is 0 Å². The topological polar surface area (TPSA) is 49.4 Å². The molecule has 4 nitrogen and oxygen atoms in total. The van der Waals surface area contributed by atoms with E-state index in [1.807, 2.05) is 32.9 Å². The second-order valence-electron chi connectivity index (χ2n) is 5.41. The molecule has 1 heterocycles. The summed E-state index contributed by atoms with van der Waals surface area (Å²) in [5, 5.41) is 3.71. The van der Waals surface area contributed by atoms with E-state index in [-0.39, 0.29) is 24.3 Å². The number of hydrogen-bond acceptors (Lipinski definition) is 3. The molecule has 5 heteroatoms. The molecule has 21 heavy (non-hydrogen) atoms. The second-order valence-corrected chi connectivity index (χ2v) is 5.81. The van der Waals surface area contributed by atoms with Crippen molar-refractivity contribution in [3.63, 3.8) is 0 Å². The lowest BCUT2D eigenvalue weighted by Gasteiger charge is -2.24. The van der Waals surface area contributed by atoms with E-state index in [1.54, 1.807) is 6.07 Å². The summed E-state index contributed by atoms with van der Waals surface area (Å²) in [4.78, 5) is 26.1. The van der Waals surface area contributed by atoms with Crippen molar-refractivity contribution in [2.24, 2.45) is 0 Å². The van der Waals surface area contributed by atoms with E-state index >= 15 is 0 Å². The van der Waals surface area contributed by atoms with Gasteiger partial charge in [0.2, 0.25) is 5.91 Å². The van der Waals surface area contributed by atoms with Crippen molar-refractivity contribution in [1.29, 1.82) is 0 Å². The predicted octanol–water partition coefficient (Wildman–Crippen LogP) is 3.38. The molecule has 0 bridgehead atoms. The third-order valence-corrected chi connectivity index (χ3v) is 4.35. The number of amides is 2. The molecular formula is C16H21ClN2O2. The van der Waals surface area contributed by atoms with Crippen LogP contribution in [0.5, 0.6) is 0 Å². The van der Waals surface area contributed by atoms with Crippen LogP contribution in [0.2, 0.25) is 5.02 Å². The number of imide groups is 1. The van der Waals surface area contributed by atoms with Crippen LogP contribution < -0.4 is 5.32 Å². The van der Waals surface area contributed by atoms with Crippen LogP contribution in [0.25, 0.3) is 0 Å². The van der Waals surface area contributed by atoms with Crippen LogP contribution >= 0.6 is 11.6 Å². The molecule has 0 radical (unpaired) electrons. The highest BCUT2D eigenvalue weighted by atomic mass is 35.5. The molecule has 1 aliphatic rings. The summed E-state index contributed by atoms with van der Waals surface area (Å²) in [6.07, 6.45) is 1.76. The Hall–Kier alpha value is -1.55. The zero-order chi connectivity index (χ0) is 15.6. The van der Waals surface area contributed by atoms with E-state index in [2.05, 4.69) is 5.32 Å². The Bertz CT molecular complexity index is 535. The Balaban J connectivity index is 2.20. The maximum atomic E-state index is 12.5. The number of carbonyl (C=O) groups excluding carboxylic acids is 2. The molecule has 0 spiro atoms. The summed E-state index contributed by atoms with van der Waals surface area (Å²) in [7, 11) is 0. The lowest BCUT2D eigenvalue weighted by atomic mass is 10.1. The number of carbonyl (C=O) groups is 2. The van der Waals surface area contributed by atoms with E-state index in [0.717, 1.165) is 24.1 Å². The first-order valence-electron chi connectivity index (χ1n) is 7.37. The average Bonchev–Trinajstić information content (AvgIpc) is 2.72. The van der Waals surface area contributed by atoms with Crippen LogP contribution in [0.1, 0.15) is 38.7 Å². The van der Waals surface area contributed by atoms with Crippen LogP contribution in [-0.2, 0) is 9.59 Å². The fraction of sp³-hybridized carbons (Fsp3) is 0.500. The van der Waals surface area contributed by atoms with E-state index in [9.17, 15) is 9.59 Å². The summed E-state index contributed by atoms with van der Waals surface area (Å²) >= 11 is 6.17. The van der Waals surface area contributed by atoms with Gasteiger partial charge in [-0.25, -0.2) is 0 Å². The Morgan fingerprint density at radius 2 is 2.00 bits per heavy atom. The summed E-state index contributed by atoms with van der Waals surface area (Å²) in [5.41, 5.74) is 1.69. The van der Waals surface area contributed by atoms with Gasteiger partial charge in [0.25, 0.3) is 5.91 Å². The van der Waals surface area contributed by atoms with Crippen LogP contribution in [0.15, 0.2) is 18.2 Å². The van der Waals surface area contributed by atoms with Gasteiger partial charge in [-0.2, -0.15) is 0 Å². The zero-order valence-electron chi connectivity index (χ0n) is 12.6. The van der Waals surface area contributed by atoms with Gasteiger partial charge < -0.3 is 5.32 Å². The molecule has 1 aliphatic heterocycles. The van der Waals surface area contributed by atoms with Crippen molar-refractivity contribution >= 4 is 29.1 Å². The first-order valence-corrected chi connectivity index (χ1v) is 7.74. The van der Waals surface area contributed by atoms with E-state index < -0.39 is 6.04 Å². The normalized spacial score (nSPS) is 18.7. The molecule has 1 saturated heterocycles. The molecule has 1 unspecified atom stereocenters. The smallest absolute Gasteiger partial charge is 0.252 e. The van der Waals surface area contributed by atoms with Gasteiger partial charge in [0, 0.05) is 6.04 Å². The highest BCUT2D eigenvalue weighted by Crippen LogP contribution is 2.29. The molecule has 2 amide bonds. The third-order valence-electron chi connectivity index (χ3n) is 4.03. The number of hydrogen-bond donors (Lipinski definition) is 1. The summed E-state index contributed by atoms with van der Waals surface area (Å²) < 4.78 is 0. The lowest BCUT2D eigenvalue weighted by Crippen LogP contribution is -2.41. The summed E-state index contributed by atoms with van der Waals surface area (Å²) in [5.74, 6) is -0.246. The number of rotatable bonds is 5. The van der Waals surface area contributed by atoms with Gasteiger partial charge in [0.15, 0.2) is 0 Å². The Morgan fingerprint density at radius 1 is 1.33 bits per heavy atom. The fourth-order valence-electron chi connectivity index (χ4n) is 2.79. The molecule has 1 N–H and O–H groups in total. The van der Waals surface area contributed by atoms with Crippen molar-refractivity contribution in [2.75, 3.05) is 5.32 Å². The molecule has 114 valence electrons. The van der Waals surface area contributed by atoms with E-state index in [1.165, 1.54) is 4.90 Å². The Morgan fingerprint density at radius 3 is 2.57 bits per heavy atom. The number of para-hydroxylation sites is 1. The van der Waals surface area contributed by atoms with E-state index in [4.69, 9.17) is 11.6 Å². The standard InChI is InChI=1S/C16H21ClN2O2/c1-4-11(5-2)19-14(20)9-13(16(19)21)18-15-10(3)7-6-8-12(15)17/h6-8,11,13,18H,4-5,9H2,1-3H3. The molecule has 2 rings (SSSR count). The minimum atomic E-state index is -0.517. The van der Waals surface area contributed by atoms with Gasteiger partial charge in [0.1, 0.15) is 6.04 Å². The molecule has 0 aliphatic carbocycles. The van der Waals surface area contributed by atoms with Crippen LogP contribution in [0.4, 0.5) is 5.69 Å². The maximum absolute atomic E-state index is 12.5. The van der Waals surface area contributed by atoms with Crippen molar-refractivity contribution in [2.45, 2.75) is 52.1 Å². The fourth-order valence-corrected chi connectivity index (χ4v) is 3.07. The lowest BCUT2D eigenvalue weighted by molar-refractivity contribution is -0.141. The van der Waals surface area contributed by atoms with Crippen LogP contribution in [-0.4, -0.2) is 28.8 Å². The molecule has 1 fully saturated rings. The highest BCUT2D eigenvalue weighted by Gasteiger charge is 2.41. The number of nitrogens with one attached hydrogen (secondary N) is 1. The van der Waals surface area contributed by atoms with Crippen LogP contribution in [0.3, 0.4) is 0 Å². The van der Waals surface area contributed by atoms with Gasteiger partial charge in [-0.05, 0) is 31.4 Å². The van der Waals surface area contributed by atoms with Crippen molar-refractivity contribution < 1.29 is 9.59 Å². The first-order chi connectivity index (χ1) is 9.99. The van der Waals surface area contributed by atoms with Gasteiger partial charge in [-0.1, -0.05) is 37.6 Å². The predicted molar refractivity (Wildman–Crippen MR) is 84.4 cm³/mol. The Kier molecular flexibility index (Phi) is 4.88. The molecule has 1 aromatic rings. The number of likely N-dealkylation sites (tertiary alicyclic amines) is 1. The number of benzene rings is 1. The molecule has 0 saturated carbocycles. The number of nitrogens with zero attached hydrogens (tertiary/aromatic N) is 1. The van der Waals surface area contributed by atoms with Crippen molar-refractivity contribution in [3.05, 3.63) is 28.8 Å². The summed E-state index contributed by atoms with van der Waals surface area (Å²) in [6, 6.07) is 5.03. The molecular weight excluding hydrogens is 288 g/mol. The first kappa shape index (κ1) is 15.8. The summed E-state index contributed by atoms with van der Waals surface area (Å²) in [6.45, 7) is 5.91. The van der Waals surface area contributed by atoms with Crippen LogP contribution in [0, 0.1) is 6.92 Å². The quantitative estimate of drug-likeness (QED) is 0.848. The van der Waals surface area contributed by atoms with Crippen molar-refractivity contribution in [1.82, 2.24) is 4.90 Å². The number of aryl methyl sites for hydroxylation is 1. The van der Waals surface area contributed by atoms with E-state index in [0.29, 0.717) is 5.02 Å². The molecule has 1 aromatic carbocycles. The molecule has 1 atom stereocenters. The monoisotopic (exact) mass is 308 g/mol.